The van der Waals surface area contributed by atoms with Crippen molar-refractivity contribution >= 4 is 0 Å². The molecule has 2 aromatic rings. The molecule has 1 N–H and O–H groups in total. The summed E-state index contributed by atoms with van der Waals surface area (Å²) in [6, 6.07) is 16.7. The van der Waals surface area contributed by atoms with Crippen LogP contribution in [-0.2, 0) is 11.3 Å². The lowest BCUT2D eigenvalue weighted by Crippen LogP contribution is -2.37. The van der Waals surface area contributed by atoms with Gasteiger partial charge < -0.3 is 19.5 Å². The summed E-state index contributed by atoms with van der Waals surface area (Å²) >= 11 is 0. The number of hydrogen-bond donors (Lipinski definition) is 1. The molecule has 1 saturated heterocycles. The number of para-hydroxylation sites is 1. The lowest BCUT2D eigenvalue weighted by Gasteiger charge is -2.40. The maximum Gasteiger partial charge on any atom is 0.122 e. The molecule has 4 heteroatoms. The third-order valence-corrected chi connectivity index (χ3v) is 5.96. The van der Waals surface area contributed by atoms with Gasteiger partial charge in [-0.15, -0.1) is 0 Å². The van der Waals surface area contributed by atoms with Gasteiger partial charge in [0.1, 0.15) is 11.5 Å². The smallest absolute Gasteiger partial charge is 0.122 e. The van der Waals surface area contributed by atoms with Crippen LogP contribution < -0.4 is 14.8 Å². The molecule has 4 nitrogen and oxygen atoms in total. The summed E-state index contributed by atoms with van der Waals surface area (Å²) in [5, 5.41) is 3.62. The van der Waals surface area contributed by atoms with Crippen LogP contribution in [0.1, 0.15) is 50.2 Å². The van der Waals surface area contributed by atoms with Crippen molar-refractivity contribution < 1.29 is 14.2 Å². The molecule has 29 heavy (non-hydrogen) atoms. The van der Waals surface area contributed by atoms with Crippen molar-refractivity contribution in [1.29, 1.82) is 0 Å². The predicted molar refractivity (Wildman–Crippen MR) is 118 cm³/mol. The van der Waals surface area contributed by atoms with Gasteiger partial charge in [0.05, 0.1) is 19.8 Å². The molecule has 3 rings (SSSR count). The first-order chi connectivity index (χ1) is 14.0. The summed E-state index contributed by atoms with van der Waals surface area (Å²) in [4.78, 5) is 0. The van der Waals surface area contributed by atoms with Crippen molar-refractivity contribution in [2.45, 2.75) is 51.2 Å². The third-order valence-electron chi connectivity index (χ3n) is 5.96. The summed E-state index contributed by atoms with van der Waals surface area (Å²) in [6.45, 7) is 7.08. The SMILES string of the molecule is COc1ccc(CNCCC(c2ccccc2OC)C2CCOC(C)(C)C2)cc1. The van der Waals surface area contributed by atoms with E-state index in [0.29, 0.717) is 11.8 Å². The summed E-state index contributed by atoms with van der Waals surface area (Å²) in [6.07, 6.45) is 3.26. The van der Waals surface area contributed by atoms with Crippen LogP contribution in [-0.4, -0.2) is 33.0 Å². The number of nitrogens with one attached hydrogen (secondary N) is 1. The Hall–Kier alpha value is -2.04. The third kappa shape index (κ3) is 5.97. The zero-order valence-corrected chi connectivity index (χ0v) is 18.2. The summed E-state index contributed by atoms with van der Waals surface area (Å²) < 4.78 is 16.9. The minimum Gasteiger partial charge on any atom is -0.497 e. The number of methoxy groups -OCH3 is 2. The van der Waals surface area contributed by atoms with E-state index in [-0.39, 0.29) is 5.60 Å². The molecule has 2 atom stereocenters. The molecular weight excluding hydrogens is 362 g/mol. The van der Waals surface area contributed by atoms with Crippen molar-refractivity contribution in [3.63, 3.8) is 0 Å². The van der Waals surface area contributed by atoms with Gasteiger partial charge in [0.25, 0.3) is 0 Å². The Balaban J connectivity index is 1.66. The minimum atomic E-state index is -0.0558. The van der Waals surface area contributed by atoms with E-state index in [0.717, 1.165) is 50.5 Å². The zero-order valence-electron chi connectivity index (χ0n) is 18.2. The Labute approximate surface area is 175 Å². The molecule has 1 aliphatic rings. The summed E-state index contributed by atoms with van der Waals surface area (Å²) in [5.74, 6) is 2.94. The second-order valence-corrected chi connectivity index (χ2v) is 8.52. The molecule has 1 heterocycles. The van der Waals surface area contributed by atoms with Crippen LogP contribution >= 0.6 is 0 Å². The van der Waals surface area contributed by atoms with Gasteiger partial charge in [0.15, 0.2) is 0 Å². The van der Waals surface area contributed by atoms with Crippen molar-refractivity contribution in [1.82, 2.24) is 5.32 Å². The lowest BCUT2D eigenvalue weighted by atomic mass is 9.75. The molecule has 0 radical (unpaired) electrons. The quantitative estimate of drug-likeness (QED) is 0.593. The normalized spacial score (nSPS) is 19.5. The van der Waals surface area contributed by atoms with Crippen LogP contribution in [0.3, 0.4) is 0 Å². The van der Waals surface area contributed by atoms with Gasteiger partial charge in [-0.1, -0.05) is 30.3 Å². The first-order valence-corrected chi connectivity index (χ1v) is 10.6. The van der Waals surface area contributed by atoms with E-state index in [9.17, 15) is 0 Å². The van der Waals surface area contributed by atoms with E-state index in [2.05, 4.69) is 55.6 Å². The van der Waals surface area contributed by atoms with Crippen molar-refractivity contribution in [2.75, 3.05) is 27.4 Å². The fourth-order valence-electron chi connectivity index (χ4n) is 4.47. The Morgan fingerprint density at radius 3 is 2.52 bits per heavy atom. The second-order valence-electron chi connectivity index (χ2n) is 8.52. The highest BCUT2D eigenvalue weighted by Crippen LogP contribution is 2.42. The van der Waals surface area contributed by atoms with Gasteiger partial charge in [0, 0.05) is 13.2 Å². The van der Waals surface area contributed by atoms with Gasteiger partial charge in [-0.3, -0.25) is 0 Å². The Bertz CT molecular complexity index is 757. The molecule has 0 aliphatic carbocycles. The average molecular weight is 398 g/mol. The molecule has 158 valence electrons. The second kappa shape index (κ2) is 10.1. The maximum atomic E-state index is 5.98. The monoisotopic (exact) mass is 397 g/mol. The first-order valence-electron chi connectivity index (χ1n) is 10.6. The van der Waals surface area contributed by atoms with E-state index >= 15 is 0 Å². The van der Waals surface area contributed by atoms with Crippen molar-refractivity contribution in [3.05, 3.63) is 59.7 Å². The lowest BCUT2D eigenvalue weighted by molar-refractivity contribution is -0.0772. The minimum absolute atomic E-state index is 0.0558. The van der Waals surface area contributed by atoms with Gasteiger partial charge in [-0.25, -0.2) is 0 Å². The van der Waals surface area contributed by atoms with Gasteiger partial charge in [-0.05, 0) is 80.8 Å². The molecule has 1 aliphatic heterocycles. The molecule has 0 bridgehead atoms. The Morgan fingerprint density at radius 2 is 1.83 bits per heavy atom. The average Bonchev–Trinajstić information content (AvgIpc) is 2.73. The van der Waals surface area contributed by atoms with Crippen LogP contribution in [0, 0.1) is 5.92 Å². The number of ether oxygens (including phenoxy) is 3. The van der Waals surface area contributed by atoms with Crippen molar-refractivity contribution in [3.8, 4) is 11.5 Å². The molecule has 2 unspecified atom stereocenters. The summed E-state index contributed by atoms with van der Waals surface area (Å²) in [5.41, 5.74) is 2.54. The molecule has 2 aromatic carbocycles. The van der Waals surface area contributed by atoms with Crippen LogP contribution in [0.15, 0.2) is 48.5 Å². The molecule has 1 fully saturated rings. The van der Waals surface area contributed by atoms with Gasteiger partial charge in [0.2, 0.25) is 0 Å². The van der Waals surface area contributed by atoms with E-state index in [1.54, 1.807) is 14.2 Å². The van der Waals surface area contributed by atoms with E-state index < -0.39 is 0 Å². The summed E-state index contributed by atoms with van der Waals surface area (Å²) in [7, 11) is 3.47. The maximum absolute atomic E-state index is 5.98. The Morgan fingerprint density at radius 1 is 1.07 bits per heavy atom. The highest BCUT2D eigenvalue weighted by atomic mass is 16.5. The number of rotatable bonds is 9. The molecule has 0 spiro atoms. The highest BCUT2D eigenvalue weighted by Gasteiger charge is 2.34. The van der Waals surface area contributed by atoms with Crippen LogP contribution in [0.5, 0.6) is 11.5 Å². The van der Waals surface area contributed by atoms with E-state index in [1.165, 1.54) is 11.1 Å². The van der Waals surface area contributed by atoms with E-state index in [1.807, 2.05) is 12.1 Å². The van der Waals surface area contributed by atoms with Crippen LogP contribution in [0.2, 0.25) is 0 Å². The molecular formula is C25H35NO3. The fourth-order valence-corrected chi connectivity index (χ4v) is 4.47. The van der Waals surface area contributed by atoms with Gasteiger partial charge in [-0.2, -0.15) is 0 Å². The fraction of sp³-hybridized carbons (Fsp3) is 0.520. The van der Waals surface area contributed by atoms with Gasteiger partial charge >= 0.3 is 0 Å². The van der Waals surface area contributed by atoms with E-state index in [4.69, 9.17) is 14.2 Å². The largest absolute Gasteiger partial charge is 0.497 e. The number of hydrogen-bond acceptors (Lipinski definition) is 4. The standard InChI is InChI=1S/C25H35NO3/c1-25(2)17-20(14-16-29-25)22(23-7-5-6-8-24(23)28-4)13-15-26-18-19-9-11-21(27-3)12-10-19/h5-12,20,22,26H,13-18H2,1-4H3. The molecule has 0 amide bonds. The topological polar surface area (TPSA) is 39.7 Å². The highest BCUT2D eigenvalue weighted by molar-refractivity contribution is 5.37. The first kappa shape index (κ1) is 21.7. The predicted octanol–water partition coefficient (Wildman–Crippen LogP) is 5.17. The zero-order chi connectivity index (χ0) is 20.7. The van der Waals surface area contributed by atoms with Crippen LogP contribution in [0.25, 0.3) is 0 Å². The Kier molecular flexibility index (Phi) is 7.57. The van der Waals surface area contributed by atoms with Crippen molar-refractivity contribution in [2.24, 2.45) is 5.92 Å². The molecule has 0 aromatic heterocycles. The molecule has 0 saturated carbocycles. The number of benzene rings is 2. The van der Waals surface area contributed by atoms with Crippen LogP contribution in [0.4, 0.5) is 0 Å².